The van der Waals surface area contributed by atoms with Gasteiger partial charge in [-0.15, -0.1) is 0 Å². The lowest BCUT2D eigenvalue weighted by atomic mass is 9.67. The number of esters is 2. The van der Waals surface area contributed by atoms with Gasteiger partial charge >= 0.3 is 11.9 Å². The van der Waals surface area contributed by atoms with E-state index in [1.807, 2.05) is 0 Å². The molecule has 182 valence electrons. The van der Waals surface area contributed by atoms with Crippen molar-refractivity contribution in [2.24, 2.45) is 5.92 Å². The molecular weight excluding hydrogens is 453 g/mol. The minimum atomic E-state index is -1.17. The summed E-state index contributed by atoms with van der Waals surface area (Å²) in [6.07, 6.45) is 0.282. The Morgan fingerprint density at radius 3 is 2.29 bits per heavy atom. The van der Waals surface area contributed by atoms with Crippen LogP contribution in [0.25, 0.3) is 0 Å². The molecule has 0 spiro atoms. The van der Waals surface area contributed by atoms with Gasteiger partial charge in [0, 0.05) is 28.4 Å². The highest BCUT2D eigenvalue weighted by Gasteiger charge is 2.49. The van der Waals surface area contributed by atoms with Gasteiger partial charge in [-0.2, -0.15) is 0 Å². The molecule has 1 aliphatic carbocycles. The lowest BCUT2D eigenvalue weighted by molar-refractivity contribution is -0.150. The lowest BCUT2D eigenvalue weighted by Crippen LogP contribution is -2.43. The van der Waals surface area contributed by atoms with Crippen LogP contribution in [0, 0.1) is 11.7 Å². The van der Waals surface area contributed by atoms with Crippen molar-refractivity contribution in [1.29, 1.82) is 0 Å². The van der Waals surface area contributed by atoms with E-state index in [1.165, 1.54) is 32.4 Å². The molecule has 35 heavy (non-hydrogen) atoms. The Bertz CT molecular complexity index is 1250. The number of hydrogen-bond donors (Lipinski definition) is 1. The third-order valence-electron chi connectivity index (χ3n) is 6.64. The predicted molar refractivity (Wildman–Crippen MR) is 125 cm³/mol. The summed E-state index contributed by atoms with van der Waals surface area (Å²) in [6.45, 7) is 1.68. The summed E-state index contributed by atoms with van der Waals surface area (Å²) < 4.78 is 30.2. The van der Waals surface area contributed by atoms with Gasteiger partial charge in [0.1, 0.15) is 17.5 Å². The minimum Gasteiger partial charge on any atom is -0.497 e. The number of benzene rings is 2. The molecule has 2 aliphatic rings. The Labute approximate surface area is 202 Å². The van der Waals surface area contributed by atoms with Crippen molar-refractivity contribution in [2.75, 3.05) is 21.3 Å². The van der Waals surface area contributed by atoms with E-state index in [9.17, 15) is 14.4 Å². The SMILES string of the molecule is COC(=O)C1=C(C)NC2=C(C(=O)[C@H](C(=O)OC)[C@H](c3ccc(OC)cc3)C2)[C@H]1c1ccccc1F. The maximum absolute atomic E-state index is 15.0. The number of carbonyl (C=O) groups excluding carboxylic acids is 3. The van der Waals surface area contributed by atoms with Crippen molar-refractivity contribution in [3.8, 4) is 5.75 Å². The summed E-state index contributed by atoms with van der Waals surface area (Å²) >= 11 is 0. The van der Waals surface area contributed by atoms with Gasteiger partial charge in [0.2, 0.25) is 0 Å². The smallest absolute Gasteiger partial charge is 0.336 e. The molecule has 0 aromatic heterocycles. The largest absolute Gasteiger partial charge is 0.497 e. The third kappa shape index (κ3) is 4.20. The Morgan fingerprint density at radius 1 is 1.00 bits per heavy atom. The third-order valence-corrected chi connectivity index (χ3v) is 6.64. The number of dihydropyridines is 1. The van der Waals surface area contributed by atoms with Crippen molar-refractivity contribution in [1.82, 2.24) is 5.32 Å². The number of ether oxygens (including phenoxy) is 3. The second-order valence-corrected chi connectivity index (χ2v) is 8.45. The molecule has 0 unspecified atom stereocenters. The van der Waals surface area contributed by atoms with Crippen LogP contribution < -0.4 is 10.1 Å². The molecule has 0 saturated carbocycles. The number of Topliss-reactive ketones (excluding diaryl/α,β-unsaturated/α-hetero) is 1. The van der Waals surface area contributed by atoms with E-state index < -0.39 is 41.3 Å². The maximum Gasteiger partial charge on any atom is 0.336 e. The molecule has 0 fully saturated rings. The van der Waals surface area contributed by atoms with Crippen LogP contribution in [0.15, 0.2) is 71.1 Å². The molecule has 3 atom stereocenters. The summed E-state index contributed by atoms with van der Waals surface area (Å²) in [6, 6.07) is 13.1. The van der Waals surface area contributed by atoms with Crippen molar-refractivity contribution >= 4 is 17.7 Å². The molecule has 4 rings (SSSR count). The number of allylic oxidation sites excluding steroid dienone is 3. The van der Waals surface area contributed by atoms with E-state index in [2.05, 4.69) is 5.32 Å². The summed E-state index contributed by atoms with van der Waals surface area (Å²) in [5, 5.41) is 3.17. The topological polar surface area (TPSA) is 90.9 Å². The lowest BCUT2D eigenvalue weighted by Gasteiger charge is -2.39. The zero-order valence-corrected chi connectivity index (χ0v) is 19.9. The number of hydrogen-bond acceptors (Lipinski definition) is 7. The van der Waals surface area contributed by atoms with E-state index in [0.717, 1.165) is 5.56 Å². The maximum atomic E-state index is 15.0. The zero-order valence-electron chi connectivity index (χ0n) is 19.9. The van der Waals surface area contributed by atoms with Crippen LogP contribution >= 0.6 is 0 Å². The van der Waals surface area contributed by atoms with Gasteiger partial charge in [0.15, 0.2) is 5.78 Å². The van der Waals surface area contributed by atoms with Gasteiger partial charge in [-0.05, 0) is 37.1 Å². The average molecular weight is 480 g/mol. The Kier molecular flexibility index (Phi) is 6.73. The number of rotatable bonds is 5. The monoisotopic (exact) mass is 479 g/mol. The first-order chi connectivity index (χ1) is 16.8. The normalized spacial score (nSPS) is 21.7. The standard InChI is InChI=1S/C27H26FNO6/c1-14-21(26(31)34-3)22(17-7-5-6-8-19(17)28)24-20(29-14)13-18(23(25(24)30)27(32)35-4)15-9-11-16(33-2)12-10-15/h5-12,18,22-23,29H,13H2,1-4H3/t18-,22-,23+/m0/s1. The van der Waals surface area contributed by atoms with Crippen LogP contribution in [0.1, 0.15) is 36.3 Å². The van der Waals surface area contributed by atoms with E-state index in [-0.39, 0.29) is 23.1 Å². The highest BCUT2D eigenvalue weighted by atomic mass is 19.1. The van der Waals surface area contributed by atoms with Crippen LogP contribution in [-0.2, 0) is 23.9 Å². The molecule has 1 aliphatic heterocycles. The van der Waals surface area contributed by atoms with Gasteiger partial charge in [0.25, 0.3) is 0 Å². The fourth-order valence-corrected chi connectivity index (χ4v) is 5.00. The predicted octanol–water partition coefficient (Wildman–Crippen LogP) is 3.77. The van der Waals surface area contributed by atoms with E-state index in [4.69, 9.17) is 14.2 Å². The molecule has 2 aromatic carbocycles. The molecular formula is C27H26FNO6. The number of methoxy groups -OCH3 is 3. The van der Waals surface area contributed by atoms with Gasteiger partial charge in [-0.1, -0.05) is 30.3 Å². The second-order valence-electron chi connectivity index (χ2n) is 8.45. The molecule has 2 aromatic rings. The number of carbonyl (C=O) groups is 3. The number of ketones is 1. The summed E-state index contributed by atoms with van der Waals surface area (Å²) in [5.41, 5.74) is 2.19. The van der Waals surface area contributed by atoms with Crippen molar-refractivity contribution in [3.05, 3.63) is 88.0 Å². The zero-order chi connectivity index (χ0) is 25.3. The van der Waals surface area contributed by atoms with Crippen LogP contribution in [0.2, 0.25) is 0 Å². The fourth-order valence-electron chi connectivity index (χ4n) is 5.00. The summed E-state index contributed by atoms with van der Waals surface area (Å²) in [7, 11) is 4.00. The molecule has 0 bridgehead atoms. The molecule has 1 heterocycles. The van der Waals surface area contributed by atoms with E-state index >= 15 is 4.39 Å². The minimum absolute atomic E-state index is 0.121. The number of halogens is 1. The van der Waals surface area contributed by atoms with Crippen LogP contribution in [-0.4, -0.2) is 39.1 Å². The highest BCUT2D eigenvalue weighted by Crippen LogP contribution is 2.48. The molecule has 1 N–H and O–H groups in total. The first-order valence-electron chi connectivity index (χ1n) is 11.1. The Morgan fingerprint density at radius 2 is 1.69 bits per heavy atom. The quantitative estimate of drug-likeness (QED) is 0.516. The molecule has 0 amide bonds. The van der Waals surface area contributed by atoms with Crippen molar-refractivity contribution in [2.45, 2.75) is 25.2 Å². The van der Waals surface area contributed by atoms with Gasteiger partial charge < -0.3 is 19.5 Å². The van der Waals surface area contributed by atoms with Crippen molar-refractivity contribution < 1.29 is 33.0 Å². The Hall–Kier alpha value is -3.94. The van der Waals surface area contributed by atoms with Crippen LogP contribution in [0.3, 0.4) is 0 Å². The molecule has 7 nitrogen and oxygen atoms in total. The van der Waals surface area contributed by atoms with E-state index in [0.29, 0.717) is 17.1 Å². The van der Waals surface area contributed by atoms with Crippen molar-refractivity contribution in [3.63, 3.8) is 0 Å². The van der Waals surface area contributed by atoms with Crippen LogP contribution in [0.4, 0.5) is 4.39 Å². The van der Waals surface area contributed by atoms with E-state index in [1.54, 1.807) is 44.4 Å². The van der Waals surface area contributed by atoms with Gasteiger partial charge in [-0.3, -0.25) is 9.59 Å². The fraction of sp³-hybridized carbons (Fsp3) is 0.296. The summed E-state index contributed by atoms with van der Waals surface area (Å²) in [4.78, 5) is 39.7. The Balaban J connectivity index is 1.90. The first-order valence-corrected chi connectivity index (χ1v) is 11.1. The molecule has 8 heteroatoms. The average Bonchev–Trinajstić information content (AvgIpc) is 2.87. The van der Waals surface area contributed by atoms with Crippen LogP contribution in [0.5, 0.6) is 5.75 Å². The molecule has 0 radical (unpaired) electrons. The first kappa shape index (κ1) is 24.2. The van der Waals surface area contributed by atoms with Gasteiger partial charge in [-0.25, -0.2) is 9.18 Å². The summed E-state index contributed by atoms with van der Waals surface area (Å²) in [5.74, 6) is -4.55. The highest BCUT2D eigenvalue weighted by molar-refractivity contribution is 6.13. The van der Waals surface area contributed by atoms with Gasteiger partial charge in [0.05, 0.1) is 32.8 Å². The second kappa shape index (κ2) is 9.74. The number of nitrogens with one attached hydrogen (secondary N) is 1. The molecule has 0 saturated heterocycles.